The van der Waals surface area contributed by atoms with Gasteiger partial charge in [-0.05, 0) is 30.5 Å². The number of piperidine rings is 1. The number of nitrogens with zero attached hydrogens (tertiary/aromatic N) is 1. The molecule has 0 aromatic heterocycles. The molecule has 0 aliphatic carbocycles. The molecule has 2 atom stereocenters. The van der Waals surface area contributed by atoms with Crippen molar-refractivity contribution in [2.75, 3.05) is 13.1 Å². The molecule has 0 bridgehead atoms. The van der Waals surface area contributed by atoms with Crippen molar-refractivity contribution >= 4 is 11.8 Å². The van der Waals surface area contributed by atoms with E-state index in [9.17, 15) is 9.59 Å². The maximum Gasteiger partial charge on any atom is 0.254 e. The Labute approximate surface area is 118 Å². The summed E-state index contributed by atoms with van der Waals surface area (Å²) in [5.74, 6) is 0.0556. The SMILES string of the molecule is NCc1cccc(C(=O)N2CCCC3C(=O)NCC32)c1. The average Bonchev–Trinajstić information content (AvgIpc) is 2.88. The van der Waals surface area contributed by atoms with Gasteiger partial charge in [-0.25, -0.2) is 0 Å². The van der Waals surface area contributed by atoms with E-state index in [1.54, 1.807) is 0 Å². The molecule has 2 aliphatic heterocycles. The molecule has 2 unspecified atom stereocenters. The lowest BCUT2D eigenvalue weighted by atomic mass is 9.91. The van der Waals surface area contributed by atoms with Crippen LogP contribution in [0, 0.1) is 5.92 Å². The smallest absolute Gasteiger partial charge is 0.254 e. The summed E-state index contributed by atoms with van der Waals surface area (Å²) in [7, 11) is 0. The molecule has 3 rings (SSSR count). The van der Waals surface area contributed by atoms with Crippen LogP contribution in [0.4, 0.5) is 0 Å². The molecule has 0 spiro atoms. The van der Waals surface area contributed by atoms with Gasteiger partial charge < -0.3 is 16.0 Å². The van der Waals surface area contributed by atoms with Crippen molar-refractivity contribution < 1.29 is 9.59 Å². The highest BCUT2D eigenvalue weighted by atomic mass is 16.2. The number of nitrogens with one attached hydrogen (secondary N) is 1. The van der Waals surface area contributed by atoms with Gasteiger partial charge in [0.1, 0.15) is 0 Å². The molecule has 0 radical (unpaired) electrons. The van der Waals surface area contributed by atoms with E-state index in [2.05, 4.69) is 5.32 Å². The van der Waals surface area contributed by atoms with Gasteiger partial charge in [0.05, 0.1) is 12.0 Å². The van der Waals surface area contributed by atoms with E-state index >= 15 is 0 Å². The van der Waals surface area contributed by atoms with E-state index in [-0.39, 0.29) is 23.8 Å². The van der Waals surface area contributed by atoms with Crippen molar-refractivity contribution in [1.82, 2.24) is 10.2 Å². The number of hydrogen-bond donors (Lipinski definition) is 2. The van der Waals surface area contributed by atoms with Gasteiger partial charge in [0.2, 0.25) is 5.91 Å². The minimum Gasteiger partial charge on any atom is -0.354 e. The Hall–Kier alpha value is -1.88. The maximum absolute atomic E-state index is 12.7. The van der Waals surface area contributed by atoms with Crippen LogP contribution in [0.5, 0.6) is 0 Å². The fourth-order valence-electron chi connectivity index (χ4n) is 3.20. The molecule has 1 aromatic rings. The fraction of sp³-hybridized carbons (Fsp3) is 0.467. The molecule has 2 aliphatic rings. The molecule has 1 aromatic carbocycles. The largest absolute Gasteiger partial charge is 0.354 e. The normalized spacial score (nSPS) is 25.2. The van der Waals surface area contributed by atoms with Gasteiger partial charge in [0.15, 0.2) is 0 Å². The predicted octanol–water partition coefficient (Wildman–Crippen LogP) is 0.496. The first-order chi connectivity index (χ1) is 9.70. The zero-order valence-electron chi connectivity index (χ0n) is 11.3. The Bertz CT molecular complexity index is 544. The molecule has 2 amide bonds. The number of likely N-dealkylation sites (tertiary alicyclic amines) is 1. The minimum absolute atomic E-state index is 0.00489. The molecule has 106 valence electrons. The molecular weight excluding hydrogens is 254 g/mol. The summed E-state index contributed by atoms with van der Waals surface area (Å²) in [5, 5.41) is 2.87. The van der Waals surface area contributed by atoms with Crippen molar-refractivity contribution in [2.45, 2.75) is 25.4 Å². The van der Waals surface area contributed by atoms with Crippen molar-refractivity contribution in [1.29, 1.82) is 0 Å². The quantitative estimate of drug-likeness (QED) is 0.823. The summed E-state index contributed by atoms with van der Waals surface area (Å²) in [5.41, 5.74) is 7.23. The third-order valence-corrected chi connectivity index (χ3v) is 4.27. The first-order valence-electron chi connectivity index (χ1n) is 7.08. The summed E-state index contributed by atoms with van der Waals surface area (Å²) in [4.78, 5) is 26.3. The number of benzene rings is 1. The molecule has 2 heterocycles. The second kappa shape index (κ2) is 5.25. The monoisotopic (exact) mass is 273 g/mol. The number of rotatable bonds is 2. The zero-order chi connectivity index (χ0) is 14.1. The van der Waals surface area contributed by atoms with Gasteiger partial charge in [-0.15, -0.1) is 0 Å². The Balaban J connectivity index is 1.84. The van der Waals surface area contributed by atoms with E-state index in [0.717, 1.165) is 24.9 Å². The highest BCUT2D eigenvalue weighted by Crippen LogP contribution is 2.28. The van der Waals surface area contributed by atoms with Gasteiger partial charge >= 0.3 is 0 Å². The Morgan fingerprint density at radius 2 is 2.30 bits per heavy atom. The maximum atomic E-state index is 12.7. The van der Waals surface area contributed by atoms with E-state index in [1.807, 2.05) is 29.2 Å². The fourth-order valence-corrected chi connectivity index (χ4v) is 3.20. The minimum atomic E-state index is -0.0367. The van der Waals surface area contributed by atoms with Gasteiger partial charge in [0.25, 0.3) is 5.91 Å². The van der Waals surface area contributed by atoms with Crippen molar-refractivity contribution in [2.24, 2.45) is 11.7 Å². The highest BCUT2D eigenvalue weighted by Gasteiger charge is 2.42. The molecule has 5 heteroatoms. The van der Waals surface area contributed by atoms with E-state index < -0.39 is 0 Å². The number of fused-ring (bicyclic) bond motifs is 1. The number of hydrogen-bond acceptors (Lipinski definition) is 3. The Kier molecular flexibility index (Phi) is 3.44. The van der Waals surface area contributed by atoms with Gasteiger partial charge in [-0.1, -0.05) is 12.1 Å². The second-order valence-corrected chi connectivity index (χ2v) is 5.46. The summed E-state index contributed by atoms with van der Waals surface area (Å²) in [6.45, 7) is 1.72. The average molecular weight is 273 g/mol. The van der Waals surface area contributed by atoms with Crippen LogP contribution in [0.25, 0.3) is 0 Å². The Morgan fingerprint density at radius 1 is 1.45 bits per heavy atom. The lowest BCUT2D eigenvalue weighted by molar-refractivity contribution is -0.123. The summed E-state index contributed by atoms with van der Waals surface area (Å²) in [6.07, 6.45) is 1.76. The first-order valence-corrected chi connectivity index (χ1v) is 7.08. The van der Waals surface area contributed by atoms with E-state index in [4.69, 9.17) is 5.73 Å². The molecule has 2 fully saturated rings. The van der Waals surface area contributed by atoms with Crippen LogP contribution < -0.4 is 11.1 Å². The van der Waals surface area contributed by atoms with E-state index in [0.29, 0.717) is 18.7 Å². The van der Waals surface area contributed by atoms with Crippen LogP contribution in [0.15, 0.2) is 24.3 Å². The zero-order valence-corrected chi connectivity index (χ0v) is 11.3. The molecule has 20 heavy (non-hydrogen) atoms. The van der Waals surface area contributed by atoms with Crippen LogP contribution in [0.2, 0.25) is 0 Å². The number of nitrogens with two attached hydrogens (primary N) is 1. The molecule has 0 saturated carbocycles. The third kappa shape index (κ3) is 2.18. The Morgan fingerprint density at radius 3 is 3.10 bits per heavy atom. The molecule has 5 nitrogen and oxygen atoms in total. The molecular formula is C15H19N3O2. The van der Waals surface area contributed by atoms with Crippen LogP contribution in [-0.2, 0) is 11.3 Å². The number of carbonyl (C=O) groups is 2. The summed E-state index contributed by atoms with van der Waals surface area (Å²) in [6, 6.07) is 7.43. The van der Waals surface area contributed by atoms with Crippen molar-refractivity contribution in [3.05, 3.63) is 35.4 Å². The van der Waals surface area contributed by atoms with Crippen LogP contribution >= 0.6 is 0 Å². The summed E-state index contributed by atoms with van der Waals surface area (Å²) < 4.78 is 0. The molecule has 3 N–H and O–H groups in total. The standard InChI is InChI=1S/C15H19N3O2/c16-8-10-3-1-4-11(7-10)15(20)18-6-2-5-12-13(18)9-17-14(12)19/h1,3-4,7,12-13H,2,5-6,8-9,16H2,(H,17,19). The van der Waals surface area contributed by atoms with Crippen LogP contribution in [0.1, 0.15) is 28.8 Å². The number of amides is 2. The van der Waals surface area contributed by atoms with Gasteiger partial charge in [-0.2, -0.15) is 0 Å². The topological polar surface area (TPSA) is 75.4 Å². The lowest BCUT2D eigenvalue weighted by Crippen LogP contribution is -2.48. The predicted molar refractivity (Wildman–Crippen MR) is 74.9 cm³/mol. The highest BCUT2D eigenvalue weighted by molar-refractivity contribution is 5.95. The van der Waals surface area contributed by atoms with E-state index in [1.165, 1.54) is 0 Å². The lowest BCUT2D eigenvalue weighted by Gasteiger charge is -2.36. The van der Waals surface area contributed by atoms with Crippen molar-refractivity contribution in [3.8, 4) is 0 Å². The summed E-state index contributed by atoms with van der Waals surface area (Å²) >= 11 is 0. The second-order valence-electron chi connectivity index (χ2n) is 5.46. The van der Waals surface area contributed by atoms with Crippen molar-refractivity contribution in [3.63, 3.8) is 0 Å². The number of carbonyl (C=O) groups excluding carboxylic acids is 2. The van der Waals surface area contributed by atoms with Crippen LogP contribution in [0.3, 0.4) is 0 Å². The van der Waals surface area contributed by atoms with Gasteiger partial charge in [0, 0.05) is 25.2 Å². The molecule has 2 saturated heterocycles. The van der Waals surface area contributed by atoms with Gasteiger partial charge in [-0.3, -0.25) is 9.59 Å². The first kappa shape index (κ1) is 13.1. The van der Waals surface area contributed by atoms with Crippen LogP contribution in [-0.4, -0.2) is 35.8 Å². The third-order valence-electron chi connectivity index (χ3n) is 4.27.